The second kappa shape index (κ2) is 9.64. The van der Waals surface area contributed by atoms with Gasteiger partial charge >= 0.3 is 5.97 Å². The minimum atomic E-state index is -1.17. The molecule has 1 saturated heterocycles. The lowest BCUT2D eigenvalue weighted by Gasteiger charge is -2.33. The van der Waals surface area contributed by atoms with E-state index in [4.69, 9.17) is 16.2 Å². The van der Waals surface area contributed by atoms with Gasteiger partial charge in [-0.2, -0.15) is 0 Å². The van der Waals surface area contributed by atoms with Crippen LogP contribution in [0, 0.1) is 6.92 Å². The SMILES string of the molecule is [2H]C1COCCC1([2H])c1cc(N2CCCc3nc(-c4ccc(C(=O)O)nc4)ncc32)c2cc(C)c(=O)n(C)c2c1. The highest BCUT2D eigenvalue weighted by atomic mass is 16.5. The number of carbonyl (C=O) groups is 1. The highest BCUT2D eigenvalue weighted by Crippen LogP contribution is 2.40. The van der Waals surface area contributed by atoms with Crippen LogP contribution >= 0.6 is 0 Å². The van der Waals surface area contributed by atoms with Crippen molar-refractivity contribution in [1.29, 1.82) is 0 Å². The highest BCUT2D eigenvalue weighted by Gasteiger charge is 2.26. The van der Waals surface area contributed by atoms with Gasteiger partial charge in [0.25, 0.3) is 5.56 Å². The van der Waals surface area contributed by atoms with Crippen LogP contribution in [0.5, 0.6) is 0 Å². The lowest BCUT2D eigenvalue weighted by molar-refractivity contribution is 0.0690. The smallest absolute Gasteiger partial charge is 0.354 e. The third-order valence-electron chi connectivity index (χ3n) is 7.30. The highest BCUT2D eigenvalue weighted by molar-refractivity contribution is 5.96. The fourth-order valence-corrected chi connectivity index (χ4v) is 5.29. The van der Waals surface area contributed by atoms with Crippen LogP contribution in [0.2, 0.25) is 0 Å². The Bertz CT molecular complexity index is 1710. The summed E-state index contributed by atoms with van der Waals surface area (Å²) in [4.78, 5) is 39.7. The maximum atomic E-state index is 12.9. The standard InChI is InChI=1S/C29H29N5O4/c1-17-12-21-24(33(2)28(17)35)13-20(18-7-10-38-11-8-18)14-25(21)34-9-3-4-22-26(34)16-31-27(32-22)19-5-6-23(29(36)37)30-15-19/h5-6,12-16,18H,3-4,7-11H2,1-2H3,(H,36,37)/i7D,18D. The van der Waals surface area contributed by atoms with Crippen molar-refractivity contribution in [3.05, 3.63) is 75.6 Å². The van der Waals surface area contributed by atoms with Gasteiger partial charge in [0, 0.05) is 52.3 Å². The summed E-state index contributed by atoms with van der Waals surface area (Å²) in [6.45, 7) is 3.09. The molecule has 4 aromatic rings. The van der Waals surface area contributed by atoms with Gasteiger partial charge in [0.05, 0.1) is 28.8 Å². The van der Waals surface area contributed by atoms with Gasteiger partial charge in [-0.1, -0.05) is 0 Å². The van der Waals surface area contributed by atoms with Gasteiger partial charge in [-0.25, -0.2) is 19.7 Å². The first-order valence-corrected chi connectivity index (χ1v) is 12.7. The Hall–Kier alpha value is -4.11. The summed E-state index contributed by atoms with van der Waals surface area (Å²) in [6.07, 6.45) is 4.44. The monoisotopic (exact) mass is 513 g/mol. The summed E-state index contributed by atoms with van der Waals surface area (Å²) in [6, 6.07) is 8.86. The third-order valence-corrected chi connectivity index (χ3v) is 7.30. The van der Waals surface area contributed by atoms with E-state index in [0.717, 1.165) is 35.3 Å². The Balaban J connectivity index is 1.50. The molecule has 9 heteroatoms. The fourth-order valence-electron chi connectivity index (χ4n) is 5.29. The quantitative estimate of drug-likeness (QED) is 0.428. The number of rotatable bonds is 4. The predicted molar refractivity (Wildman–Crippen MR) is 144 cm³/mol. The topological polar surface area (TPSA) is 110 Å². The number of fused-ring (bicyclic) bond motifs is 2. The summed E-state index contributed by atoms with van der Waals surface area (Å²) in [5.41, 5.74) is 5.03. The molecule has 0 radical (unpaired) electrons. The molecule has 5 heterocycles. The third kappa shape index (κ3) is 4.22. The molecule has 0 bridgehead atoms. The summed E-state index contributed by atoms with van der Waals surface area (Å²) in [5, 5.41) is 10.0. The van der Waals surface area contributed by atoms with Crippen LogP contribution in [0.3, 0.4) is 0 Å². The van der Waals surface area contributed by atoms with E-state index in [9.17, 15) is 11.0 Å². The van der Waals surface area contributed by atoms with Gasteiger partial charge in [0.2, 0.25) is 0 Å². The summed E-state index contributed by atoms with van der Waals surface area (Å²) >= 11 is 0. The number of hydrogen-bond acceptors (Lipinski definition) is 7. The largest absolute Gasteiger partial charge is 0.477 e. The van der Waals surface area contributed by atoms with E-state index in [1.807, 2.05) is 18.2 Å². The molecule has 2 aliphatic rings. The van der Waals surface area contributed by atoms with E-state index in [0.29, 0.717) is 47.6 Å². The van der Waals surface area contributed by atoms with Crippen molar-refractivity contribution in [3.63, 3.8) is 0 Å². The second-order valence-electron chi connectivity index (χ2n) is 9.69. The van der Waals surface area contributed by atoms with E-state index < -0.39 is 18.3 Å². The number of carboxylic acids is 1. The number of anilines is 2. The van der Waals surface area contributed by atoms with Crippen LogP contribution in [0.25, 0.3) is 22.3 Å². The van der Waals surface area contributed by atoms with Gasteiger partial charge < -0.3 is 19.3 Å². The molecule has 38 heavy (non-hydrogen) atoms. The number of benzene rings is 1. The summed E-state index contributed by atoms with van der Waals surface area (Å²) < 4.78 is 25.0. The lowest BCUT2D eigenvalue weighted by Crippen LogP contribution is -2.27. The second-order valence-corrected chi connectivity index (χ2v) is 9.69. The molecule has 1 aromatic carbocycles. The molecule has 0 amide bonds. The molecule has 194 valence electrons. The molecule has 2 aliphatic heterocycles. The molecule has 6 rings (SSSR count). The molecule has 3 aromatic heterocycles. The number of aromatic nitrogens is 4. The van der Waals surface area contributed by atoms with Crippen molar-refractivity contribution in [1.82, 2.24) is 19.5 Å². The zero-order valence-electron chi connectivity index (χ0n) is 23.3. The summed E-state index contributed by atoms with van der Waals surface area (Å²) in [7, 11) is 1.74. The van der Waals surface area contributed by atoms with Crippen LogP contribution in [-0.2, 0) is 18.2 Å². The Morgan fingerprint density at radius 3 is 2.82 bits per heavy atom. The molecular formula is C29H29N5O4. The number of aromatic carboxylic acids is 1. The molecule has 2 atom stereocenters. The Morgan fingerprint density at radius 2 is 2.05 bits per heavy atom. The maximum absolute atomic E-state index is 12.9. The van der Waals surface area contributed by atoms with E-state index in [1.54, 1.807) is 30.8 Å². The average molecular weight is 514 g/mol. The van der Waals surface area contributed by atoms with E-state index in [1.165, 1.54) is 12.3 Å². The Kier molecular flexibility index (Phi) is 5.57. The van der Waals surface area contributed by atoms with Crippen LogP contribution in [0.1, 0.15) is 55.2 Å². The first kappa shape index (κ1) is 21.9. The van der Waals surface area contributed by atoms with Gasteiger partial charge in [0.15, 0.2) is 5.82 Å². The lowest BCUT2D eigenvalue weighted by atomic mass is 9.89. The first-order valence-electron chi connectivity index (χ1n) is 13.7. The Morgan fingerprint density at radius 1 is 1.18 bits per heavy atom. The maximum Gasteiger partial charge on any atom is 0.354 e. The first-order chi connectivity index (χ1) is 19.2. The minimum absolute atomic E-state index is 0.0454. The molecule has 0 saturated carbocycles. The summed E-state index contributed by atoms with van der Waals surface area (Å²) in [5.74, 6) is -1.80. The van der Waals surface area contributed by atoms with Gasteiger partial charge in [-0.05, 0) is 74.4 Å². The molecule has 1 fully saturated rings. The number of ether oxygens (including phenoxy) is 1. The van der Waals surface area contributed by atoms with Crippen LogP contribution in [0.4, 0.5) is 11.4 Å². The number of pyridine rings is 2. The van der Waals surface area contributed by atoms with Crippen molar-refractivity contribution < 1.29 is 17.4 Å². The van der Waals surface area contributed by atoms with Gasteiger partial charge in [-0.3, -0.25) is 4.79 Å². The van der Waals surface area contributed by atoms with Crippen molar-refractivity contribution in [2.75, 3.05) is 24.7 Å². The zero-order chi connectivity index (χ0) is 28.2. The van der Waals surface area contributed by atoms with Crippen molar-refractivity contribution >= 4 is 28.2 Å². The molecule has 9 nitrogen and oxygen atoms in total. The van der Waals surface area contributed by atoms with Crippen molar-refractivity contribution in [3.8, 4) is 11.4 Å². The van der Waals surface area contributed by atoms with Gasteiger partial charge in [-0.15, -0.1) is 0 Å². The normalized spacial score (nSPS) is 22.1. The Labute approximate surface area is 222 Å². The molecule has 2 unspecified atom stereocenters. The van der Waals surface area contributed by atoms with Crippen LogP contribution in [-0.4, -0.2) is 50.4 Å². The molecule has 0 spiro atoms. The number of nitrogens with zero attached hydrogens (tertiary/aromatic N) is 5. The number of aryl methyl sites for hydroxylation is 3. The van der Waals surface area contributed by atoms with Crippen molar-refractivity contribution in [2.45, 2.75) is 38.5 Å². The molecule has 1 N–H and O–H groups in total. The van der Waals surface area contributed by atoms with Gasteiger partial charge in [0.1, 0.15) is 5.69 Å². The molecular weight excluding hydrogens is 482 g/mol. The van der Waals surface area contributed by atoms with E-state index in [-0.39, 0.29) is 17.9 Å². The fraction of sp³-hybridized carbons (Fsp3) is 0.345. The van der Waals surface area contributed by atoms with E-state index >= 15 is 0 Å². The van der Waals surface area contributed by atoms with Crippen LogP contribution in [0.15, 0.2) is 47.5 Å². The minimum Gasteiger partial charge on any atom is -0.477 e. The average Bonchev–Trinajstić information content (AvgIpc) is 2.96. The van der Waals surface area contributed by atoms with Crippen LogP contribution < -0.4 is 10.5 Å². The zero-order valence-corrected chi connectivity index (χ0v) is 21.3. The number of carboxylic acid groups (broad SMARTS) is 1. The van der Waals surface area contributed by atoms with Crippen molar-refractivity contribution in [2.24, 2.45) is 7.05 Å². The number of hydrogen-bond donors (Lipinski definition) is 1. The predicted octanol–water partition coefficient (Wildman–Crippen LogP) is 4.38. The van der Waals surface area contributed by atoms with E-state index in [2.05, 4.69) is 14.9 Å². The molecule has 0 aliphatic carbocycles.